The Hall–Kier alpha value is -1.23. The smallest absolute Gasteiger partial charge is 0.416 e. The molecule has 0 radical (unpaired) electrons. The van der Waals surface area contributed by atoms with Gasteiger partial charge in [-0.3, -0.25) is 0 Å². The Morgan fingerprint density at radius 1 is 1.38 bits per heavy atom. The Balaban J connectivity index is 2.75. The number of aliphatic hydroxyl groups is 1. The first kappa shape index (κ1) is 12.8. The number of aliphatic hydroxyl groups excluding tert-OH is 1. The van der Waals surface area contributed by atoms with Gasteiger partial charge in [0.15, 0.2) is 6.29 Å². The number of hydrogen-bond acceptors (Lipinski definition) is 2. The first-order valence-electron chi connectivity index (χ1n) is 4.95. The monoisotopic (exact) mass is 234 g/mol. The number of halogens is 3. The third kappa shape index (κ3) is 3.73. The molecule has 0 bridgehead atoms. The maximum atomic E-state index is 12.3. The van der Waals surface area contributed by atoms with Crippen LogP contribution in [-0.2, 0) is 6.18 Å². The van der Waals surface area contributed by atoms with E-state index in [0.29, 0.717) is 12.8 Å². The minimum atomic E-state index is -4.39. The van der Waals surface area contributed by atoms with Gasteiger partial charge in [0.2, 0.25) is 0 Å². The third-order valence-electron chi connectivity index (χ3n) is 1.97. The highest BCUT2D eigenvalue weighted by atomic mass is 19.4. The second kappa shape index (κ2) is 5.21. The minimum Gasteiger partial charge on any atom is -0.465 e. The quantitative estimate of drug-likeness (QED) is 0.810. The molecule has 1 unspecified atom stereocenters. The van der Waals surface area contributed by atoms with Crippen LogP contribution in [0.4, 0.5) is 13.2 Å². The summed E-state index contributed by atoms with van der Waals surface area (Å²) in [4.78, 5) is 0. The molecular formula is C11H13F3O2. The second-order valence-electron chi connectivity index (χ2n) is 3.39. The van der Waals surface area contributed by atoms with Gasteiger partial charge in [0.1, 0.15) is 5.75 Å². The van der Waals surface area contributed by atoms with Gasteiger partial charge in [0.05, 0.1) is 5.56 Å². The molecule has 0 aliphatic rings. The van der Waals surface area contributed by atoms with Crippen molar-refractivity contribution >= 4 is 0 Å². The Morgan fingerprint density at radius 3 is 2.62 bits per heavy atom. The van der Waals surface area contributed by atoms with Crippen LogP contribution >= 0.6 is 0 Å². The Kier molecular flexibility index (Phi) is 4.18. The van der Waals surface area contributed by atoms with Crippen molar-refractivity contribution in [3.05, 3.63) is 29.8 Å². The van der Waals surface area contributed by atoms with Crippen LogP contribution in [0.3, 0.4) is 0 Å². The van der Waals surface area contributed by atoms with Crippen LogP contribution in [-0.4, -0.2) is 11.4 Å². The fourth-order valence-corrected chi connectivity index (χ4v) is 1.21. The Morgan fingerprint density at radius 2 is 2.06 bits per heavy atom. The molecule has 1 aromatic rings. The highest BCUT2D eigenvalue weighted by Crippen LogP contribution is 2.31. The highest BCUT2D eigenvalue weighted by Gasteiger charge is 2.30. The molecule has 0 spiro atoms. The largest absolute Gasteiger partial charge is 0.465 e. The topological polar surface area (TPSA) is 29.5 Å². The van der Waals surface area contributed by atoms with E-state index in [-0.39, 0.29) is 5.75 Å². The summed E-state index contributed by atoms with van der Waals surface area (Å²) in [6, 6.07) is 4.46. The van der Waals surface area contributed by atoms with Crippen molar-refractivity contribution in [1.29, 1.82) is 0 Å². The van der Waals surface area contributed by atoms with E-state index in [1.54, 1.807) is 0 Å². The van der Waals surface area contributed by atoms with Gasteiger partial charge in [-0.2, -0.15) is 13.2 Å². The molecule has 5 heteroatoms. The zero-order chi connectivity index (χ0) is 12.2. The summed E-state index contributed by atoms with van der Waals surface area (Å²) in [7, 11) is 0. The second-order valence-corrected chi connectivity index (χ2v) is 3.39. The molecule has 0 aliphatic heterocycles. The van der Waals surface area contributed by atoms with Crippen LogP contribution in [0.25, 0.3) is 0 Å². The lowest BCUT2D eigenvalue weighted by Gasteiger charge is -2.14. The van der Waals surface area contributed by atoms with E-state index in [2.05, 4.69) is 0 Å². The molecule has 0 saturated carbocycles. The van der Waals surface area contributed by atoms with Gasteiger partial charge in [-0.15, -0.1) is 0 Å². The van der Waals surface area contributed by atoms with E-state index in [0.717, 1.165) is 12.1 Å². The predicted octanol–water partition coefficient (Wildman–Crippen LogP) is 3.20. The normalized spacial score (nSPS) is 13.6. The molecular weight excluding hydrogens is 221 g/mol. The van der Waals surface area contributed by atoms with Crippen LogP contribution in [0.1, 0.15) is 25.3 Å². The van der Waals surface area contributed by atoms with Gasteiger partial charge < -0.3 is 9.84 Å². The standard InChI is InChI=1S/C11H13F3O2/c1-2-4-10(15)16-9-6-3-5-8(7-9)11(12,13)14/h3,5-7,10,15H,2,4H2,1H3. The van der Waals surface area contributed by atoms with Gasteiger partial charge >= 0.3 is 6.18 Å². The maximum Gasteiger partial charge on any atom is 0.416 e. The number of hydrogen-bond donors (Lipinski definition) is 1. The summed E-state index contributed by atoms with van der Waals surface area (Å²) in [6.45, 7) is 1.85. The van der Waals surface area contributed by atoms with Crippen LogP contribution in [0.15, 0.2) is 24.3 Å². The van der Waals surface area contributed by atoms with Gasteiger partial charge in [0.25, 0.3) is 0 Å². The van der Waals surface area contributed by atoms with Crippen molar-refractivity contribution in [3.8, 4) is 5.75 Å². The zero-order valence-corrected chi connectivity index (χ0v) is 8.79. The molecule has 0 aromatic heterocycles. The molecule has 0 saturated heterocycles. The van der Waals surface area contributed by atoms with E-state index in [1.807, 2.05) is 6.92 Å². The average Bonchev–Trinajstić information content (AvgIpc) is 2.17. The lowest BCUT2D eigenvalue weighted by atomic mass is 10.2. The molecule has 1 atom stereocenters. The minimum absolute atomic E-state index is 0.0239. The molecule has 0 heterocycles. The van der Waals surface area contributed by atoms with Gasteiger partial charge in [0, 0.05) is 6.42 Å². The van der Waals surface area contributed by atoms with Crippen molar-refractivity contribution in [1.82, 2.24) is 0 Å². The van der Waals surface area contributed by atoms with Crippen LogP contribution in [0.5, 0.6) is 5.75 Å². The molecule has 0 aliphatic carbocycles. The predicted molar refractivity (Wildman–Crippen MR) is 53.0 cm³/mol. The summed E-state index contributed by atoms with van der Waals surface area (Å²) < 4.78 is 42.0. The van der Waals surface area contributed by atoms with Gasteiger partial charge in [-0.1, -0.05) is 19.4 Å². The van der Waals surface area contributed by atoms with E-state index in [9.17, 15) is 18.3 Å². The lowest BCUT2D eigenvalue weighted by molar-refractivity contribution is -0.137. The van der Waals surface area contributed by atoms with Crippen LogP contribution in [0, 0.1) is 0 Å². The summed E-state index contributed by atoms with van der Waals surface area (Å²) in [5.41, 5.74) is -0.784. The van der Waals surface area contributed by atoms with Crippen molar-refractivity contribution in [3.63, 3.8) is 0 Å². The third-order valence-corrected chi connectivity index (χ3v) is 1.97. The summed E-state index contributed by atoms with van der Waals surface area (Å²) in [6.07, 6.45) is -4.38. The number of benzene rings is 1. The molecule has 1 aromatic carbocycles. The fourth-order valence-electron chi connectivity index (χ4n) is 1.21. The number of ether oxygens (including phenoxy) is 1. The molecule has 0 fully saturated rings. The fraction of sp³-hybridized carbons (Fsp3) is 0.455. The summed E-state index contributed by atoms with van der Waals surface area (Å²) >= 11 is 0. The van der Waals surface area contributed by atoms with E-state index in [4.69, 9.17) is 4.74 Å². The van der Waals surface area contributed by atoms with Crippen LogP contribution < -0.4 is 4.74 Å². The van der Waals surface area contributed by atoms with Crippen molar-refractivity contribution in [2.24, 2.45) is 0 Å². The zero-order valence-electron chi connectivity index (χ0n) is 8.79. The van der Waals surface area contributed by atoms with Gasteiger partial charge in [-0.25, -0.2) is 0 Å². The first-order chi connectivity index (χ1) is 7.43. The van der Waals surface area contributed by atoms with Crippen molar-refractivity contribution in [2.75, 3.05) is 0 Å². The maximum absolute atomic E-state index is 12.3. The SMILES string of the molecule is CCCC(O)Oc1cccc(C(F)(F)F)c1. The number of alkyl halides is 3. The van der Waals surface area contributed by atoms with Gasteiger partial charge in [-0.05, 0) is 18.2 Å². The molecule has 1 N–H and O–H groups in total. The average molecular weight is 234 g/mol. The first-order valence-corrected chi connectivity index (χ1v) is 4.95. The molecule has 16 heavy (non-hydrogen) atoms. The van der Waals surface area contributed by atoms with Crippen molar-refractivity contribution in [2.45, 2.75) is 32.2 Å². The Labute approximate surface area is 91.7 Å². The summed E-state index contributed by atoms with van der Waals surface area (Å²) in [5.74, 6) is 0.0239. The van der Waals surface area contributed by atoms with E-state index >= 15 is 0 Å². The lowest BCUT2D eigenvalue weighted by Crippen LogP contribution is -2.15. The van der Waals surface area contributed by atoms with E-state index < -0.39 is 18.0 Å². The van der Waals surface area contributed by atoms with Crippen LogP contribution in [0.2, 0.25) is 0 Å². The molecule has 1 rings (SSSR count). The molecule has 0 amide bonds. The highest BCUT2D eigenvalue weighted by molar-refractivity contribution is 5.30. The molecule has 2 nitrogen and oxygen atoms in total. The van der Waals surface area contributed by atoms with Crippen molar-refractivity contribution < 1.29 is 23.0 Å². The molecule has 90 valence electrons. The Bertz CT molecular complexity index is 336. The van der Waals surface area contributed by atoms with E-state index in [1.165, 1.54) is 12.1 Å². The summed E-state index contributed by atoms with van der Waals surface area (Å²) in [5, 5.41) is 9.29. The number of rotatable bonds is 4.